The molecule has 5 nitrogen and oxygen atoms in total. The number of rotatable bonds is 4. The number of nitrogens with zero attached hydrogens (tertiary/aromatic N) is 1. The van der Waals surface area contributed by atoms with E-state index in [0.29, 0.717) is 18.0 Å². The van der Waals surface area contributed by atoms with Gasteiger partial charge >= 0.3 is 0 Å². The number of hydrogen-bond donors (Lipinski definition) is 2. The first-order chi connectivity index (χ1) is 13.6. The van der Waals surface area contributed by atoms with Crippen molar-refractivity contribution in [2.45, 2.75) is 31.8 Å². The highest BCUT2D eigenvalue weighted by atomic mass is 16.2. The van der Waals surface area contributed by atoms with Gasteiger partial charge in [-0.25, -0.2) is 0 Å². The highest BCUT2D eigenvalue weighted by Gasteiger charge is 2.33. The summed E-state index contributed by atoms with van der Waals surface area (Å²) in [6, 6.07) is 18.1. The van der Waals surface area contributed by atoms with E-state index in [1.165, 1.54) is 5.56 Å². The number of amides is 2. The molecule has 2 amide bonds. The summed E-state index contributed by atoms with van der Waals surface area (Å²) in [7, 11) is 0. The van der Waals surface area contributed by atoms with Gasteiger partial charge in [0.25, 0.3) is 5.91 Å². The number of fused-ring (bicyclic) bond motifs is 1. The molecule has 28 heavy (non-hydrogen) atoms. The fraction of sp³-hybridized carbons (Fsp3) is 0.391. The molecular weight excluding hydrogens is 350 g/mol. The van der Waals surface area contributed by atoms with Crippen LogP contribution in [-0.2, 0) is 11.3 Å². The Morgan fingerprint density at radius 2 is 1.89 bits per heavy atom. The molecular formula is C23H27N3O2. The first-order valence-electron chi connectivity index (χ1n) is 10.1. The lowest BCUT2D eigenvalue weighted by Crippen LogP contribution is -2.52. The summed E-state index contributed by atoms with van der Waals surface area (Å²) < 4.78 is 0. The maximum absolute atomic E-state index is 13.0. The zero-order valence-electron chi connectivity index (χ0n) is 16.2. The fourth-order valence-electron chi connectivity index (χ4n) is 4.36. The molecule has 2 aromatic carbocycles. The summed E-state index contributed by atoms with van der Waals surface area (Å²) >= 11 is 0. The maximum Gasteiger partial charge on any atom is 0.251 e. The summed E-state index contributed by atoms with van der Waals surface area (Å²) in [5, 5.41) is 6.11. The summed E-state index contributed by atoms with van der Waals surface area (Å²) in [5.41, 5.74) is 2.77. The minimum absolute atomic E-state index is 0.0146. The quantitative estimate of drug-likeness (QED) is 0.861. The molecule has 146 valence electrons. The Hall–Kier alpha value is -2.66. The lowest BCUT2D eigenvalue weighted by atomic mass is 9.88. The number of benzene rings is 2. The second-order valence-electron chi connectivity index (χ2n) is 7.95. The van der Waals surface area contributed by atoms with Crippen molar-refractivity contribution in [1.29, 1.82) is 0 Å². The SMILES string of the molecule is CC1CN(Cc2ccccc2)CCC1NC(=O)C1CNC(=O)c2ccccc21. The Morgan fingerprint density at radius 1 is 1.14 bits per heavy atom. The van der Waals surface area contributed by atoms with Gasteiger partial charge in [0.05, 0.1) is 5.92 Å². The Labute approximate surface area is 166 Å². The summed E-state index contributed by atoms with van der Waals surface area (Å²) in [6.45, 7) is 5.47. The first kappa shape index (κ1) is 18.7. The Kier molecular flexibility index (Phi) is 5.44. The number of carbonyl (C=O) groups is 2. The van der Waals surface area contributed by atoms with Crippen LogP contribution in [0.5, 0.6) is 0 Å². The van der Waals surface area contributed by atoms with E-state index >= 15 is 0 Å². The zero-order valence-corrected chi connectivity index (χ0v) is 16.2. The van der Waals surface area contributed by atoms with E-state index in [9.17, 15) is 9.59 Å². The van der Waals surface area contributed by atoms with Crippen LogP contribution in [0.3, 0.4) is 0 Å². The van der Waals surface area contributed by atoms with E-state index < -0.39 is 0 Å². The van der Waals surface area contributed by atoms with E-state index in [-0.39, 0.29) is 23.8 Å². The number of carbonyl (C=O) groups excluding carboxylic acids is 2. The van der Waals surface area contributed by atoms with Crippen LogP contribution in [0.15, 0.2) is 54.6 Å². The molecule has 2 aromatic rings. The molecule has 4 rings (SSSR count). The van der Waals surface area contributed by atoms with Gasteiger partial charge in [0, 0.05) is 37.8 Å². The van der Waals surface area contributed by atoms with Crippen LogP contribution in [0.25, 0.3) is 0 Å². The molecule has 0 spiro atoms. The van der Waals surface area contributed by atoms with Gasteiger partial charge in [0.2, 0.25) is 5.91 Å². The van der Waals surface area contributed by atoms with Gasteiger partial charge in [-0.2, -0.15) is 0 Å². The van der Waals surface area contributed by atoms with E-state index in [1.807, 2.05) is 24.3 Å². The predicted octanol–water partition coefficient (Wildman–Crippen LogP) is 2.54. The Balaban J connectivity index is 1.37. The van der Waals surface area contributed by atoms with Crippen LogP contribution < -0.4 is 10.6 Å². The van der Waals surface area contributed by atoms with Crippen molar-refractivity contribution < 1.29 is 9.59 Å². The second kappa shape index (κ2) is 8.15. The largest absolute Gasteiger partial charge is 0.352 e. The van der Waals surface area contributed by atoms with Crippen molar-refractivity contribution in [1.82, 2.24) is 15.5 Å². The molecule has 1 fully saturated rings. The number of likely N-dealkylation sites (tertiary alicyclic amines) is 1. The van der Waals surface area contributed by atoms with Crippen LogP contribution in [0, 0.1) is 5.92 Å². The second-order valence-corrected chi connectivity index (χ2v) is 7.95. The monoisotopic (exact) mass is 377 g/mol. The van der Waals surface area contributed by atoms with Crippen LogP contribution in [-0.4, -0.2) is 42.4 Å². The standard InChI is InChI=1S/C23H27N3O2/c1-16-14-26(15-17-7-3-2-4-8-17)12-11-21(16)25-23(28)20-13-24-22(27)19-10-6-5-9-18(19)20/h2-10,16,20-21H,11-15H2,1H3,(H,24,27)(H,25,28). The molecule has 0 bridgehead atoms. The lowest BCUT2D eigenvalue weighted by molar-refractivity contribution is -0.124. The van der Waals surface area contributed by atoms with Crippen LogP contribution in [0.2, 0.25) is 0 Å². The van der Waals surface area contributed by atoms with Crippen molar-refractivity contribution in [3.05, 3.63) is 71.3 Å². The number of piperidine rings is 1. The average Bonchev–Trinajstić information content (AvgIpc) is 2.71. The van der Waals surface area contributed by atoms with Gasteiger partial charge in [-0.15, -0.1) is 0 Å². The normalized spacial score (nSPS) is 24.9. The minimum Gasteiger partial charge on any atom is -0.352 e. The molecule has 3 unspecified atom stereocenters. The van der Waals surface area contributed by atoms with Crippen molar-refractivity contribution >= 4 is 11.8 Å². The van der Waals surface area contributed by atoms with Gasteiger partial charge in [-0.1, -0.05) is 55.5 Å². The lowest BCUT2D eigenvalue weighted by Gasteiger charge is -2.38. The molecule has 2 aliphatic rings. The molecule has 1 saturated heterocycles. The van der Waals surface area contributed by atoms with Gasteiger partial charge < -0.3 is 10.6 Å². The fourth-order valence-corrected chi connectivity index (χ4v) is 4.36. The molecule has 0 saturated carbocycles. The third kappa shape index (κ3) is 3.94. The average molecular weight is 377 g/mol. The molecule has 0 aliphatic carbocycles. The van der Waals surface area contributed by atoms with Gasteiger partial charge in [0.1, 0.15) is 0 Å². The van der Waals surface area contributed by atoms with E-state index in [2.05, 4.69) is 46.7 Å². The minimum atomic E-state index is -0.316. The molecule has 2 aliphatic heterocycles. The van der Waals surface area contributed by atoms with E-state index in [4.69, 9.17) is 0 Å². The van der Waals surface area contributed by atoms with Crippen molar-refractivity contribution in [2.75, 3.05) is 19.6 Å². The molecule has 2 heterocycles. The Morgan fingerprint density at radius 3 is 2.68 bits per heavy atom. The maximum atomic E-state index is 13.0. The van der Waals surface area contributed by atoms with Gasteiger partial charge in [-0.05, 0) is 29.5 Å². The Bertz CT molecular complexity index is 852. The summed E-state index contributed by atoms with van der Waals surface area (Å²) in [6.07, 6.45) is 0.945. The number of hydrogen-bond acceptors (Lipinski definition) is 3. The zero-order chi connectivity index (χ0) is 19.5. The topological polar surface area (TPSA) is 61.4 Å². The summed E-state index contributed by atoms with van der Waals surface area (Å²) in [5.74, 6) is -0.0127. The van der Waals surface area contributed by atoms with Crippen LogP contribution >= 0.6 is 0 Å². The van der Waals surface area contributed by atoms with Crippen LogP contribution in [0.1, 0.15) is 40.7 Å². The van der Waals surface area contributed by atoms with Crippen molar-refractivity contribution in [2.24, 2.45) is 5.92 Å². The van der Waals surface area contributed by atoms with Crippen molar-refractivity contribution in [3.8, 4) is 0 Å². The smallest absolute Gasteiger partial charge is 0.251 e. The third-order valence-electron chi connectivity index (χ3n) is 5.93. The molecule has 0 aromatic heterocycles. The number of nitrogens with one attached hydrogen (secondary N) is 2. The highest BCUT2D eigenvalue weighted by Crippen LogP contribution is 2.25. The first-order valence-corrected chi connectivity index (χ1v) is 10.1. The predicted molar refractivity (Wildman–Crippen MR) is 109 cm³/mol. The van der Waals surface area contributed by atoms with Crippen molar-refractivity contribution in [3.63, 3.8) is 0 Å². The highest BCUT2D eigenvalue weighted by molar-refractivity contribution is 6.00. The van der Waals surface area contributed by atoms with Gasteiger partial charge in [0.15, 0.2) is 0 Å². The third-order valence-corrected chi connectivity index (χ3v) is 5.93. The molecule has 5 heteroatoms. The van der Waals surface area contributed by atoms with Crippen LogP contribution in [0.4, 0.5) is 0 Å². The molecule has 3 atom stereocenters. The summed E-state index contributed by atoms with van der Waals surface area (Å²) in [4.78, 5) is 27.5. The molecule has 0 radical (unpaired) electrons. The van der Waals surface area contributed by atoms with E-state index in [1.54, 1.807) is 6.07 Å². The van der Waals surface area contributed by atoms with E-state index in [0.717, 1.165) is 31.6 Å². The van der Waals surface area contributed by atoms with Gasteiger partial charge in [-0.3, -0.25) is 14.5 Å². The molecule has 2 N–H and O–H groups in total.